The number of aliphatic hydroxyl groups excluding tert-OH is 1. The molecule has 1 aromatic rings. The van der Waals surface area contributed by atoms with Crippen molar-refractivity contribution in [2.24, 2.45) is 0 Å². The zero-order valence-electron chi connectivity index (χ0n) is 8.87. The third-order valence-electron chi connectivity index (χ3n) is 2.18. The third kappa shape index (κ3) is 3.99. The molecule has 0 radical (unpaired) electrons. The lowest BCUT2D eigenvalue weighted by Crippen LogP contribution is -2.15. The van der Waals surface area contributed by atoms with Crippen molar-refractivity contribution in [3.05, 3.63) is 33.8 Å². The Morgan fingerprint density at radius 2 is 1.93 bits per heavy atom. The van der Waals surface area contributed by atoms with Gasteiger partial charge >= 0.3 is 0 Å². The molecule has 1 rings (SSSR count). The maximum absolute atomic E-state index is 9.86. The summed E-state index contributed by atoms with van der Waals surface area (Å²) in [5, 5.41) is 10.9. The molecule has 4 heteroatoms. The van der Waals surface area contributed by atoms with Gasteiger partial charge in [-0.3, -0.25) is 0 Å². The second kappa shape index (κ2) is 5.71. The minimum atomic E-state index is -0.484. The van der Waals surface area contributed by atoms with Crippen LogP contribution in [0.1, 0.15) is 18.1 Å². The van der Waals surface area contributed by atoms with Crippen molar-refractivity contribution in [1.29, 1.82) is 0 Å². The van der Waals surface area contributed by atoms with Crippen molar-refractivity contribution < 1.29 is 5.11 Å². The minimum absolute atomic E-state index is 0.484. The van der Waals surface area contributed by atoms with Crippen molar-refractivity contribution in [2.45, 2.75) is 12.5 Å². The summed E-state index contributed by atoms with van der Waals surface area (Å²) in [7, 11) is 3.95. The van der Waals surface area contributed by atoms with Crippen molar-refractivity contribution in [1.82, 2.24) is 4.90 Å². The fourth-order valence-electron chi connectivity index (χ4n) is 1.27. The summed E-state index contributed by atoms with van der Waals surface area (Å²) in [5.41, 5.74) is 0.811. The molecule has 1 aromatic carbocycles. The molecule has 2 nitrogen and oxygen atoms in total. The Hall–Kier alpha value is -0.280. The quantitative estimate of drug-likeness (QED) is 0.885. The van der Waals surface area contributed by atoms with Gasteiger partial charge in [0.15, 0.2) is 0 Å². The first-order chi connectivity index (χ1) is 7.00. The Balaban J connectivity index is 2.65. The monoisotopic (exact) mass is 247 g/mol. The lowest BCUT2D eigenvalue weighted by Gasteiger charge is -2.15. The topological polar surface area (TPSA) is 23.5 Å². The standard InChI is InChI=1S/C11H15Cl2NO/c1-14(2)6-5-11(15)8-3-4-9(12)10(13)7-8/h3-4,7,11,15H,5-6H2,1-2H3. The second-order valence-electron chi connectivity index (χ2n) is 3.78. The average molecular weight is 248 g/mol. The summed E-state index contributed by atoms with van der Waals surface area (Å²) < 4.78 is 0. The summed E-state index contributed by atoms with van der Waals surface area (Å²) in [6, 6.07) is 5.22. The van der Waals surface area contributed by atoms with Crippen LogP contribution < -0.4 is 0 Å². The Morgan fingerprint density at radius 3 is 2.47 bits per heavy atom. The van der Waals surface area contributed by atoms with Crippen LogP contribution in [0.5, 0.6) is 0 Å². The first kappa shape index (κ1) is 12.8. The van der Waals surface area contributed by atoms with Gasteiger partial charge in [-0.25, -0.2) is 0 Å². The normalized spacial score (nSPS) is 13.2. The third-order valence-corrected chi connectivity index (χ3v) is 2.92. The molecule has 1 N–H and O–H groups in total. The van der Waals surface area contributed by atoms with Gasteiger partial charge in [0.2, 0.25) is 0 Å². The lowest BCUT2D eigenvalue weighted by molar-refractivity contribution is 0.154. The van der Waals surface area contributed by atoms with Crippen molar-refractivity contribution in [3.8, 4) is 0 Å². The van der Waals surface area contributed by atoms with E-state index in [4.69, 9.17) is 23.2 Å². The number of rotatable bonds is 4. The molecule has 15 heavy (non-hydrogen) atoms. The molecule has 1 atom stereocenters. The van der Waals surface area contributed by atoms with Crippen LogP contribution in [0.4, 0.5) is 0 Å². The lowest BCUT2D eigenvalue weighted by atomic mass is 10.1. The zero-order chi connectivity index (χ0) is 11.4. The Bertz CT molecular complexity index is 328. The first-order valence-electron chi connectivity index (χ1n) is 4.78. The predicted molar refractivity (Wildman–Crippen MR) is 64.6 cm³/mol. The van der Waals surface area contributed by atoms with Crippen molar-refractivity contribution in [3.63, 3.8) is 0 Å². The second-order valence-corrected chi connectivity index (χ2v) is 4.60. The highest BCUT2D eigenvalue weighted by atomic mass is 35.5. The minimum Gasteiger partial charge on any atom is -0.388 e. The Morgan fingerprint density at radius 1 is 1.27 bits per heavy atom. The van der Waals surface area contributed by atoms with E-state index in [9.17, 15) is 5.11 Å². The molecule has 0 spiro atoms. The molecule has 0 heterocycles. The Kier molecular flexibility index (Phi) is 4.87. The maximum Gasteiger partial charge on any atom is 0.0802 e. The Labute approximate surface area is 100 Å². The first-order valence-corrected chi connectivity index (χ1v) is 5.54. The van der Waals surface area contributed by atoms with Crippen LogP contribution in [-0.2, 0) is 0 Å². The van der Waals surface area contributed by atoms with Gasteiger partial charge < -0.3 is 10.0 Å². The molecule has 0 aliphatic heterocycles. The summed E-state index contributed by atoms with van der Waals surface area (Å²) in [6.45, 7) is 0.835. The number of benzene rings is 1. The van der Waals surface area contributed by atoms with Gasteiger partial charge in [-0.1, -0.05) is 29.3 Å². The van der Waals surface area contributed by atoms with Crippen LogP contribution in [0.2, 0.25) is 10.0 Å². The number of hydrogen-bond acceptors (Lipinski definition) is 2. The van der Waals surface area contributed by atoms with E-state index in [1.54, 1.807) is 18.2 Å². The summed E-state index contributed by atoms with van der Waals surface area (Å²) >= 11 is 11.7. The molecule has 0 aromatic heterocycles. The van der Waals surface area contributed by atoms with E-state index in [0.717, 1.165) is 12.1 Å². The van der Waals surface area contributed by atoms with Gasteiger partial charge in [-0.2, -0.15) is 0 Å². The van der Waals surface area contributed by atoms with Gasteiger partial charge in [-0.15, -0.1) is 0 Å². The van der Waals surface area contributed by atoms with E-state index in [0.29, 0.717) is 16.5 Å². The van der Waals surface area contributed by atoms with Crippen LogP contribution in [0.25, 0.3) is 0 Å². The molecule has 0 amide bonds. The average Bonchev–Trinajstić information content (AvgIpc) is 2.18. The van der Waals surface area contributed by atoms with Gasteiger partial charge in [0, 0.05) is 6.54 Å². The molecule has 0 fully saturated rings. The maximum atomic E-state index is 9.86. The van der Waals surface area contributed by atoms with E-state index < -0.39 is 6.10 Å². The van der Waals surface area contributed by atoms with Gasteiger partial charge in [-0.05, 0) is 38.2 Å². The van der Waals surface area contributed by atoms with Crippen LogP contribution in [0.3, 0.4) is 0 Å². The fraction of sp³-hybridized carbons (Fsp3) is 0.455. The molecular weight excluding hydrogens is 233 g/mol. The highest BCUT2D eigenvalue weighted by Gasteiger charge is 2.09. The molecule has 0 bridgehead atoms. The summed E-state index contributed by atoms with van der Waals surface area (Å²) in [6.07, 6.45) is 0.201. The van der Waals surface area contributed by atoms with Crippen molar-refractivity contribution >= 4 is 23.2 Å². The molecule has 0 saturated heterocycles. The molecule has 0 aliphatic carbocycles. The summed E-state index contributed by atoms with van der Waals surface area (Å²) in [4.78, 5) is 2.03. The van der Waals surface area contributed by atoms with Gasteiger partial charge in [0.1, 0.15) is 0 Å². The largest absolute Gasteiger partial charge is 0.388 e. The summed E-state index contributed by atoms with van der Waals surface area (Å²) in [5.74, 6) is 0. The van der Waals surface area contributed by atoms with Crippen molar-refractivity contribution in [2.75, 3.05) is 20.6 Å². The zero-order valence-corrected chi connectivity index (χ0v) is 10.4. The molecular formula is C11H15Cl2NO. The number of nitrogens with zero attached hydrogens (tertiary/aromatic N) is 1. The van der Waals surface area contributed by atoms with Crippen LogP contribution in [0.15, 0.2) is 18.2 Å². The van der Waals surface area contributed by atoms with E-state index in [1.807, 2.05) is 19.0 Å². The number of hydrogen-bond donors (Lipinski definition) is 1. The molecule has 1 unspecified atom stereocenters. The van der Waals surface area contributed by atoms with E-state index in [2.05, 4.69) is 0 Å². The fourth-order valence-corrected chi connectivity index (χ4v) is 1.57. The molecule has 0 aliphatic rings. The SMILES string of the molecule is CN(C)CCC(O)c1ccc(Cl)c(Cl)c1. The predicted octanol–water partition coefficient (Wildman–Crippen LogP) is 2.98. The van der Waals surface area contributed by atoms with Gasteiger partial charge in [0.05, 0.1) is 16.1 Å². The van der Waals surface area contributed by atoms with E-state index in [1.165, 1.54) is 0 Å². The number of halogens is 2. The van der Waals surface area contributed by atoms with Gasteiger partial charge in [0.25, 0.3) is 0 Å². The smallest absolute Gasteiger partial charge is 0.0802 e. The number of aliphatic hydroxyl groups is 1. The highest BCUT2D eigenvalue weighted by Crippen LogP contribution is 2.26. The van der Waals surface area contributed by atoms with E-state index in [-0.39, 0.29) is 0 Å². The van der Waals surface area contributed by atoms with Crippen LogP contribution in [-0.4, -0.2) is 30.6 Å². The van der Waals surface area contributed by atoms with E-state index >= 15 is 0 Å². The highest BCUT2D eigenvalue weighted by molar-refractivity contribution is 6.42. The molecule has 0 saturated carbocycles. The van der Waals surface area contributed by atoms with Crippen LogP contribution in [0, 0.1) is 0 Å². The molecule has 84 valence electrons. The van der Waals surface area contributed by atoms with Crippen LogP contribution >= 0.6 is 23.2 Å².